The highest BCUT2D eigenvalue weighted by molar-refractivity contribution is 9.10. The SMILES string of the molecule is Cc1ccc(C(=O)C2C3=C(CCCC3)C3CC2c2cc(Br)ccc2O3)cc1. The first kappa shape index (κ1) is 17.2. The number of benzene rings is 2. The van der Waals surface area contributed by atoms with Gasteiger partial charge in [0, 0.05) is 16.0 Å². The first-order chi connectivity index (χ1) is 13.1. The Bertz CT molecular complexity index is 941. The Balaban J connectivity index is 1.65. The number of ketones is 1. The molecule has 3 atom stereocenters. The maximum atomic E-state index is 13.7. The van der Waals surface area contributed by atoms with Gasteiger partial charge in [-0.05, 0) is 68.4 Å². The van der Waals surface area contributed by atoms with Gasteiger partial charge >= 0.3 is 0 Å². The lowest BCUT2D eigenvalue weighted by Crippen LogP contribution is -2.41. The molecule has 2 aliphatic carbocycles. The molecule has 0 radical (unpaired) electrons. The van der Waals surface area contributed by atoms with Gasteiger partial charge < -0.3 is 4.74 Å². The molecule has 2 bridgehead atoms. The normalized spacial score (nSPS) is 26.1. The van der Waals surface area contributed by atoms with Gasteiger partial charge in [0.15, 0.2) is 5.78 Å². The van der Waals surface area contributed by atoms with E-state index in [0.29, 0.717) is 0 Å². The molecule has 3 aliphatic rings. The molecule has 0 fully saturated rings. The zero-order chi connectivity index (χ0) is 18.5. The second-order valence-electron chi connectivity index (χ2n) is 8.10. The quantitative estimate of drug-likeness (QED) is 0.414. The Hall–Kier alpha value is -1.87. The molecule has 3 heteroatoms. The van der Waals surface area contributed by atoms with E-state index in [1.165, 1.54) is 35.1 Å². The van der Waals surface area contributed by atoms with Crippen LogP contribution in [0.3, 0.4) is 0 Å². The van der Waals surface area contributed by atoms with Crippen LogP contribution in [0.5, 0.6) is 5.75 Å². The summed E-state index contributed by atoms with van der Waals surface area (Å²) >= 11 is 3.61. The van der Waals surface area contributed by atoms with Crippen molar-refractivity contribution in [1.82, 2.24) is 0 Å². The van der Waals surface area contributed by atoms with Crippen LogP contribution in [-0.2, 0) is 0 Å². The highest BCUT2D eigenvalue weighted by atomic mass is 79.9. The second-order valence-corrected chi connectivity index (χ2v) is 9.01. The van der Waals surface area contributed by atoms with Crippen molar-refractivity contribution in [2.75, 3.05) is 0 Å². The van der Waals surface area contributed by atoms with Crippen molar-refractivity contribution in [1.29, 1.82) is 0 Å². The summed E-state index contributed by atoms with van der Waals surface area (Å²) in [4.78, 5) is 13.7. The molecular formula is C24H23BrO2. The van der Waals surface area contributed by atoms with Gasteiger partial charge in [0.25, 0.3) is 0 Å². The second kappa shape index (κ2) is 6.63. The number of rotatable bonds is 2. The van der Waals surface area contributed by atoms with Gasteiger partial charge in [-0.25, -0.2) is 0 Å². The van der Waals surface area contributed by atoms with Crippen molar-refractivity contribution < 1.29 is 9.53 Å². The summed E-state index contributed by atoms with van der Waals surface area (Å²) in [5.74, 6) is 1.40. The van der Waals surface area contributed by atoms with Crippen LogP contribution >= 0.6 is 15.9 Å². The first-order valence-electron chi connectivity index (χ1n) is 9.90. The van der Waals surface area contributed by atoms with E-state index in [0.717, 1.165) is 35.0 Å². The Morgan fingerprint density at radius 1 is 1.04 bits per heavy atom. The van der Waals surface area contributed by atoms with Gasteiger partial charge in [0.05, 0.1) is 5.92 Å². The molecule has 5 rings (SSSR count). The van der Waals surface area contributed by atoms with Gasteiger partial charge in [0.1, 0.15) is 11.9 Å². The number of allylic oxidation sites excluding steroid dienone is 1. The fraction of sp³-hybridized carbons (Fsp3) is 0.375. The van der Waals surface area contributed by atoms with Crippen molar-refractivity contribution in [2.45, 2.75) is 51.0 Å². The minimum Gasteiger partial charge on any atom is -0.486 e. The smallest absolute Gasteiger partial charge is 0.170 e. The van der Waals surface area contributed by atoms with Crippen molar-refractivity contribution in [3.8, 4) is 5.75 Å². The fourth-order valence-corrected chi connectivity index (χ4v) is 5.54. The Labute approximate surface area is 168 Å². The highest BCUT2D eigenvalue weighted by Crippen LogP contribution is 2.53. The molecule has 2 nitrogen and oxygen atoms in total. The van der Waals surface area contributed by atoms with Crippen LogP contribution in [0, 0.1) is 12.8 Å². The lowest BCUT2D eigenvalue weighted by atomic mass is 9.64. The molecule has 0 saturated heterocycles. The predicted molar refractivity (Wildman–Crippen MR) is 110 cm³/mol. The third kappa shape index (κ3) is 2.87. The molecule has 2 aromatic rings. The fourth-order valence-electron chi connectivity index (χ4n) is 5.16. The summed E-state index contributed by atoms with van der Waals surface area (Å²) in [6.07, 6.45) is 5.59. The number of carbonyl (C=O) groups excluding carboxylic acids is 1. The summed E-state index contributed by atoms with van der Waals surface area (Å²) in [6.45, 7) is 2.06. The molecular weight excluding hydrogens is 400 g/mol. The van der Waals surface area contributed by atoms with Gasteiger partial charge in [-0.15, -0.1) is 0 Å². The van der Waals surface area contributed by atoms with Crippen LogP contribution in [0.2, 0.25) is 0 Å². The summed E-state index contributed by atoms with van der Waals surface area (Å²) in [5, 5.41) is 0. The van der Waals surface area contributed by atoms with E-state index in [1.54, 1.807) is 0 Å². The molecule has 0 saturated carbocycles. The number of hydrogen-bond acceptors (Lipinski definition) is 2. The predicted octanol–water partition coefficient (Wildman–Crippen LogP) is 6.38. The maximum absolute atomic E-state index is 13.7. The Morgan fingerprint density at radius 3 is 2.56 bits per heavy atom. The average molecular weight is 423 g/mol. The monoisotopic (exact) mass is 422 g/mol. The lowest BCUT2D eigenvalue weighted by molar-refractivity contribution is 0.0853. The van der Waals surface area contributed by atoms with Crippen molar-refractivity contribution >= 4 is 21.7 Å². The molecule has 3 unspecified atom stereocenters. The number of hydrogen-bond donors (Lipinski definition) is 0. The number of Topliss-reactive ketones (excluding diaryl/α,β-unsaturated/α-hetero) is 1. The largest absolute Gasteiger partial charge is 0.486 e. The van der Waals surface area contributed by atoms with Crippen LogP contribution in [0.4, 0.5) is 0 Å². The molecule has 138 valence electrons. The Morgan fingerprint density at radius 2 is 1.78 bits per heavy atom. The van der Waals surface area contributed by atoms with Crippen molar-refractivity contribution in [2.24, 2.45) is 5.92 Å². The molecule has 27 heavy (non-hydrogen) atoms. The number of halogens is 1. The Kier molecular flexibility index (Phi) is 4.23. The van der Waals surface area contributed by atoms with E-state index < -0.39 is 0 Å². The van der Waals surface area contributed by atoms with Crippen LogP contribution in [0.15, 0.2) is 58.1 Å². The number of fused-ring (bicyclic) bond motifs is 5. The van der Waals surface area contributed by atoms with E-state index >= 15 is 0 Å². The first-order valence-corrected chi connectivity index (χ1v) is 10.7. The summed E-state index contributed by atoms with van der Waals surface area (Å²) < 4.78 is 7.44. The van der Waals surface area contributed by atoms with E-state index in [1.807, 2.05) is 30.3 Å². The van der Waals surface area contributed by atoms with Gasteiger partial charge in [0.2, 0.25) is 0 Å². The summed E-state index contributed by atoms with van der Waals surface area (Å²) in [7, 11) is 0. The zero-order valence-corrected chi connectivity index (χ0v) is 17.1. The van der Waals surface area contributed by atoms with E-state index in [9.17, 15) is 4.79 Å². The molecule has 0 aromatic heterocycles. The topological polar surface area (TPSA) is 26.3 Å². The van der Waals surface area contributed by atoms with Gasteiger partial charge in [-0.2, -0.15) is 0 Å². The molecule has 0 N–H and O–H groups in total. The molecule has 2 aromatic carbocycles. The molecule has 1 heterocycles. The van der Waals surface area contributed by atoms with E-state index in [-0.39, 0.29) is 23.7 Å². The van der Waals surface area contributed by atoms with Gasteiger partial charge in [-0.3, -0.25) is 4.79 Å². The maximum Gasteiger partial charge on any atom is 0.170 e. The van der Waals surface area contributed by atoms with E-state index in [2.05, 4.69) is 35.0 Å². The van der Waals surface area contributed by atoms with Gasteiger partial charge in [-0.1, -0.05) is 51.3 Å². The number of ether oxygens (including phenoxy) is 1. The zero-order valence-electron chi connectivity index (χ0n) is 15.5. The molecule has 0 amide bonds. The minimum absolute atomic E-state index is 0.0452. The van der Waals surface area contributed by atoms with Crippen molar-refractivity contribution in [3.63, 3.8) is 0 Å². The van der Waals surface area contributed by atoms with Crippen LogP contribution in [0.1, 0.15) is 59.5 Å². The third-order valence-electron chi connectivity index (χ3n) is 6.45. The highest BCUT2D eigenvalue weighted by Gasteiger charge is 2.46. The molecule has 1 aliphatic heterocycles. The average Bonchev–Trinajstić information content (AvgIpc) is 2.69. The van der Waals surface area contributed by atoms with E-state index in [4.69, 9.17) is 4.74 Å². The molecule has 0 spiro atoms. The standard InChI is InChI=1S/C24H23BrO2/c1-14-6-8-15(9-7-14)24(26)23-18-5-3-2-4-17(18)22-13-20(23)19-12-16(25)10-11-21(19)27-22/h6-12,20,22-23H,2-5,13H2,1H3. The van der Waals surface area contributed by atoms with Crippen LogP contribution in [-0.4, -0.2) is 11.9 Å². The lowest BCUT2D eigenvalue weighted by Gasteiger charge is -2.45. The van der Waals surface area contributed by atoms with Crippen LogP contribution in [0.25, 0.3) is 0 Å². The number of carbonyl (C=O) groups is 1. The minimum atomic E-state index is -0.0452. The van der Waals surface area contributed by atoms with Crippen molar-refractivity contribution in [3.05, 3.63) is 74.8 Å². The summed E-state index contributed by atoms with van der Waals surface area (Å²) in [6, 6.07) is 14.3. The summed E-state index contributed by atoms with van der Waals surface area (Å²) in [5.41, 5.74) is 6.00. The number of aryl methyl sites for hydroxylation is 1. The van der Waals surface area contributed by atoms with Crippen LogP contribution < -0.4 is 4.74 Å². The third-order valence-corrected chi connectivity index (χ3v) is 6.94.